The van der Waals surface area contributed by atoms with Gasteiger partial charge in [-0.3, -0.25) is 4.68 Å². The van der Waals surface area contributed by atoms with Crippen LogP contribution in [0.25, 0.3) is 0 Å². The van der Waals surface area contributed by atoms with Gasteiger partial charge >= 0.3 is 0 Å². The minimum absolute atomic E-state index is 0.280. The summed E-state index contributed by atoms with van der Waals surface area (Å²) < 4.78 is 1.79. The summed E-state index contributed by atoms with van der Waals surface area (Å²) >= 11 is 10.1. The number of aromatic nitrogens is 2. The third-order valence-electron chi connectivity index (χ3n) is 3.67. The lowest BCUT2D eigenvalue weighted by molar-refractivity contribution is 0.174. The van der Waals surface area contributed by atoms with Crippen LogP contribution in [-0.4, -0.2) is 42.5 Å². The Morgan fingerprint density at radius 2 is 2.16 bits per heavy atom. The second-order valence-corrected chi connectivity index (χ2v) is 8.57. The van der Waals surface area contributed by atoms with Crippen molar-refractivity contribution in [3.8, 4) is 0 Å². The van der Waals surface area contributed by atoms with Crippen LogP contribution in [0.15, 0.2) is 0 Å². The molecular weight excluding hydrogens is 300 g/mol. The van der Waals surface area contributed by atoms with Gasteiger partial charge in [0.05, 0.1) is 22.5 Å². The number of nitrogens with zero attached hydrogens (tertiary/aromatic N) is 2. The summed E-state index contributed by atoms with van der Waals surface area (Å²) in [5, 5.41) is 17.0. The van der Waals surface area contributed by atoms with Crippen molar-refractivity contribution in [1.29, 1.82) is 0 Å². The number of hydrogen-bond donors (Lipinski definition) is 1. The highest BCUT2D eigenvalue weighted by atomic mass is 35.5. The fourth-order valence-corrected chi connectivity index (χ4v) is 5.49. The number of rotatable bonds is 3. The average molecular weight is 321 g/mol. The highest BCUT2D eigenvalue weighted by Crippen LogP contribution is 2.38. The van der Waals surface area contributed by atoms with Crippen LogP contribution in [0.2, 0.25) is 5.02 Å². The van der Waals surface area contributed by atoms with E-state index in [4.69, 9.17) is 11.6 Å². The van der Waals surface area contributed by atoms with Gasteiger partial charge in [-0.15, -0.1) is 0 Å². The van der Waals surface area contributed by atoms with Crippen LogP contribution in [0, 0.1) is 6.92 Å². The molecule has 1 aromatic heterocycles. The predicted octanol–water partition coefficient (Wildman–Crippen LogP) is 2.91. The fourth-order valence-electron chi connectivity index (χ4n) is 2.24. The van der Waals surface area contributed by atoms with Crippen molar-refractivity contribution in [2.24, 2.45) is 7.05 Å². The molecule has 1 saturated heterocycles. The van der Waals surface area contributed by atoms with Gasteiger partial charge in [0.15, 0.2) is 0 Å². The molecule has 108 valence electrons. The molecule has 19 heavy (non-hydrogen) atoms. The smallest absolute Gasteiger partial charge is 0.0847 e. The van der Waals surface area contributed by atoms with Gasteiger partial charge in [-0.1, -0.05) is 25.4 Å². The molecule has 6 heteroatoms. The van der Waals surface area contributed by atoms with Crippen LogP contribution in [0.5, 0.6) is 0 Å². The summed E-state index contributed by atoms with van der Waals surface area (Å²) in [6.07, 6.45) is 0.218. The van der Waals surface area contributed by atoms with Crippen molar-refractivity contribution in [2.45, 2.75) is 49.0 Å². The van der Waals surface area contributed by atoms with Gasteiger partial charge in [-0.2, -0.15) is 28.6 Å². The molecule has 1 N–H and O–H groups in total. The van der Waals surface area contributed by atoms with E-state index in [9.17, 15) is 5.11 Å². The minimum atomic E-state index is -0.361. The van der Waals surface area contributed by atoms with E-state index in [1.807, 2.05) is 37.5 Å². The molecule has 1 fully saturated rings. The highest BCUT2D eigenvalue weighted by Gasteiger charge is 2.31. The maximum Gasteiger partial charge on any atom is 0.0847 e. The SMILES string of the molecule is Cc1nn(C)c(CC(O)C2CSC(C)C(C)S2)c1Cl. The lowest BCUT2D eigenvalue weighted by Gasteiger charge is -2.33. The first-order valence-corrected chi connectivity index (χ1v) is 8.90. The molecule has 1 aliphatic heterocycles. The standard InChI is InChI=1S/C13H21ClN2OS2/c1-7-13(14)10(16(4)15-7)5-11(17)12-6-18-8(2)9(3)19-12/h8-9,11-12,17H,5-6H2,1-4H3. The Balaban J connectivity index is 2.03. The second kappa shape index (κ2) is 6.29. The Hall–Kier alpha value is 0.160. The molecule has 3 nitrogen and oxygen atoms in total. The van der Waals surface area contributed by atoms with Crippen molar-refractivity contribution < 1.29 is 5.11 Å². The zero-order chi connectivity index (χ0) is 14.2. The molecule has 0 amide bonds. The van der Waals surface area contributed by atoms with Gasteiger partial charge < -0.3 is 5.11 Å². The number of halogens is 1. The van der Waals surface area contributed by atoms with E-state index >= 15 is 0 Å². The summed E-state index contributed by atoms with van der Waals surface area (Å²) in [7, 11) is 1.88. The Kier molecular flexibility index (Phi) is 5.15. The minimum Gasteiger partial charge on any atom is -0.392 e. The van der Waals surface area contributed by atoms with Crippen molar-refractivity contribution >= 4 is 35.1 Å². The number of hydrogen-bond acceptors (Lipinski definition) is 4. The lowest BCUT2D eigenvalue weighted by atomic mass is 10.1. The van der Waals surface area contributed by atoms with Crippen molar-refractivity contribution in [3.05, 3.63) is 16.4 Å². The number of thioether (sulfide) groups is 2. The highest BCUT2D eigenvalue weighted by molar-refractivity contribution is 8.07. The van der Waals surface area contributed by atoms with Gasteiger partial charge in [-0.25, -0.2) is 0 Å². The first-order chi connectivity index (χ1) is 8.90. The van der Waals surface area contributed by atoms with Crippen molar-refractivity contribution in [2.75, 3.05) is 5.75 Å². The average Bonchev–Trinajstić information content (AvgIpc) is 2.59. The summed E-state index contributed by atoms with van der Waals surface area (Å²) in [5.74, 6) is 1.01. The monoisotopic (exact) mass is 320 g/mol. The molecule has 4 atom stereocenters. The van der Waals surface area contributed by atoms with E-state index in [2.05, 4.69) is 18.9 Å². The summed E-state index contributed by atoms with van der Waals surface area (Å²) in [4.78, 5) is 0. The molecule has 0 bridgehead atoms. The molecule has 0 spiro atoms. The van der Waals surface area contributed by atoms with Crippen LogP contribution in [0.4, 0.5) is 0 Å². The first kappa shape index (κ1) is 15.5. The van der Waals surface area contributed by atoms with E-state index < -0.39 is 0 Å². The van der Waals surface area contributed by atoms with Crippen LogP contribution in [0.3, 0.4) is 0 Å². The largest absolute Gasteiger partial charge is 0.392 e. The number of aliphatic hydroxyl groups excluding tert-OH is 1. The number of aliphatic hydroxyl groups is 1. The first-order valence-electron chi connectivity index (χ1n) is 6.53. The fraction of sp³-hybridized carbons (Fsp3) is 0.769. The van der Waals surface area contributed by atoms with Crippen LogP contribution in [-0.2, 0) is 13.5 Å². The topological polar surface area (TPSA) is 38.0 Å². The van der Waals surface area contributed by atoms with E-state index in [-0.39, 0.29) is 11.4 Å². The Morgan fingerprint density at radius 3 is 2.68 bits per heavy atom. The predicted molar refractivity (Wildman–Crippen MR) is 85.4 cm³/mol. The molecule has 2 rings (SSSR count). The lowest BCUT2D eigenvalue weighted by Crippen LogP contribution is -2.36. The molecule has 1 aliphatic rings. The molecule has 0 radical (unpaired) electrons. The summed E-state index contributed by atoms with van der Waals surface area (Å²) in [6.45, 7) is 6.39. The zero-order valence-electron chi connectivity index (χ0n) is 11.8. The molecule has 0 aromatic carbocycles. The maximum absolute atomic E-state index is 10.5. The van der Waals surface area contributed by atoms with Crippen LogP contribution in [0.1, 0.15) is 25.2 Å². The van der Waals surface area contributed by atoms with E-state index in [1.165, 1.54) is 0 Å². The van der Waals surface area contributed by atoms with Crippen LogP contribution >= 0.6 is 35.1 Å². The molecular formula is C13H21ClN2OS2. The Labute approximate surface area is 128 Å². The van der Waals surface area contributed by atoms with Gasteiger partial charge in [0.2, 0.25) is 0 Å². The van der Waals surface area contributed by atoms with E-state index in [1.54, 1.807) is 4.68 Å². The second-order valence-electron chi connectivity index (χ2n) is 5.16. The quantitative estimate of drug-likeness (QED) is 0.929. The zero-order valence-corrected chi connectivity index (χ0v) is 14.1. The Bertz CT molecular complexity index is 452. The molecule has 1 aromatic rings. The third-order valence-corrected chi connectivity index (χ3v) is 7.70. The number of aryl methyl sites for hydroxylation is 2. The van der Waals surface area contributed by atoms with E-state index in [0.717, 1.165) is 17.1 Å². The van der Waals surface area contributed by atoms with Crippen molar-refractivity contribution in [1.82, 2.24) is 9.78 Å². The third kappa shape index (κ3) is 3.43. The van der Waals surface area contributed by atoms with Gasteiger partial charge in [-0.05, 0) is 6.92 Å². The van der Waals surface area contributed by atoms with E-state index in [0.29, 0.717) is 21.9 Å². The maximum atomic E-state index is 10.5. The molecule has 0 aliphatic carbocycles. The molecule has 4 unspecified atom stereocenters. The van der Waals surface area contributed by atoms with Crippen molar-refractivity contribution in [3.63, 3.8) is 0 Å². The van der Waals surface area contributed by atoms with Gasteiger partial charge in [0.25, 0.3) is 0 Å². The normalized spacial score (nSPS) is 29.5. The molecule has 2 heterocycles. The Morgan fingerprint density at radius 1 is 1.47 bits per heavy atom. The van der Waals surface area contributed by atoms with Gasteiger partial charge in [0, 0.05) is 35.0 Å². The summed E-state index contributed by atoms with van der Waals surface area (Å²) in [6, 6.07) is 0. The van der Waals surface area contributed by atoms with Gasteiger partial charge in [0.1, 0.15) is 0 Å². The summed E-state index contributed by atoms with van der Waals surface area (Å²) in [5.41, 5.74) is 1.77. The van der Waals surface area contributed by atoms with Crippen LogP contribution < -0.4 is 0 Å². The molecule has 0 saturated carbocycles.